The van der Waals surface area contributed by atoms with E-state index >= 15 is 0 Å². The molecule has 1 aliphatic heterocycles. The summed E-state index contributed by atoms with van der Waals surface area (Å²) >= 11 is 6.23. The molecule has 0 unspecified atom stereocenters. The second-order valence-electron chi connectivity index (χ2n) is 9.36. The van der Waals surface area contributed by atoms with Crippen molar-refractivity contribution in [2.75, 3.05) is 39.9 Å². The first kappa shape index (κ1) is 30.9. The molecule has 1 N–H and O–H groups in total. The van der Waals surface area contributed by atoms with Crippen LogP contribution in [0, 0.1) is 6.92 Å². The van der Waals surface area contributed by atoms with E-state index in [-0.39, 0.29) is 42.2 Å². The zero-order valence-corrected chi connectivity index (χ0v) is 23.9. The summed E-state index contributed by atoms with van der Waals surface area (Å²) in [4.78, 5) is 25.7. The van der Waals surface area contributed by atoms with E-state index in [0.717, 1.165) is 6.20 Å². The molecule has 4 aromatic rings. The van der Waals surface area contributed by atoms with Gasteiger partial charge in [0, 0.05) is 49.1 Å². The number of pyridine rings is 1. The largest absolute Gasteiger partial charge is 0.497 e. The Labute approximate surface area is 245 Å². The molecule has 1 aromatic carbocycles. The molecule has 5 rings (SSSR count). The van der Waals surface area contributed by atoms with Crippen LogP contribution in [-0.2, 0) is 6.18 Å². The summed E-state index contributed by atoms with van der Waals surface area (Å²) in [6.45, 7) is 8.55. The fourth-order valence-corrected chi connectivity index (χ4v) is 5.30. The van der Waals surface area contributed by atoms with E-state index < -0.39 is 23.8 Å². The highest BCUT2D eigenvalue weighted by molar-refractivity contribution is 6.30. The van der Waals surface area contributed by atoms with Crippen molar-refractivity contribution in [2.45, 2.75) is 19.1 Å². The van der Waals surface area contributed by atoms with Crippen molar-refractivity contribution in [3.8, 4) is 17.0 Å². The van der Waals surface area contributed by atoms with Crippen molar-refractivity contribution in [3.63, 3.8) is 0 Å². The normalized spacial score (nSPS) is 14.8. The van der Waals surface area contributed by atoms with Crippen LogP contribution >= 0.6 is 11.6 Å². The van der Waals surface area contributed by atoms with Crippen LogP contribution in [-0.4, -0.2) is 80.3 Å². The highest BCUT2D eigenvalue weighted by Crippen LogP contribution is 2.37. The average molecular weight is 603 g/mol. The summed E-state index contributed by atoms with van der Waals surface area (Å²) in [5, 5.41) is 14.3. The molecule has 1 fully saturated rings. The van der Waals surface area contributed by atoms with Gasteiger partial charge in [0.25, 0.3) is 5.91 Å². The summed E-state index contributed by atoms with van der Waals surface area (Å²) in [5.74, 6) is 0.0758. The number of aromatic nitrogens is 4. The number of ether oxygens (including phenoxy) is 1. The summed E-state index contributed by atoms with van der Waals surface area (Å²) in [6.07, 6.45) is -2.04. The Kier molecular flexibility index (Phi) is 9.50. The van der Waals surface area contributed by atoms with Gasteiger partial charge in [-0.15, -0.1) is 13.2 Å². The fraction of sp³-hybridized carbons (Fsp3) is 0.310. The minimum Gasteiger partial charge on any atom is -0.497 e. The SMILES string of the molecule is C=C.COc1ccc(-c2nc3c(C(=O)N4CCN([C@H](CO)c5cccnc5Cl)CC4)cnn3c(C(F)(F)F)c2C)cc1. The highest BCUT2D eigenvalue weighted by Gasteiger charge is 2.39. The Balaban J connectivity index is 0.00000198. The third-order valence-corrected chi connectivity index (χ3v) is 7.42. The number of methoxy groups -OCH3 is 1. The fourth-order valence-electron chi connectivity index (χ4n) is 5.05. The number of amides is 1. The quantitative estimate of drug-likeness (QED) is 0.243. The standard InChI is InChI=1S/C27H26ClF3N6O3.C2H4/c1-16-22(17-5-7-18(40-2)8-6-17)34-25-20(14-33-37(25)23(16)27(29,30)31)26(39)36-12-10-35(11-13-36)21(15-38)19-4-3-9-32-24(19)28;1-2/h3-9,14,21,38H,10-13,15H2,1-2H3;1-2H2/t21-;/m1./s1. The van der Waals surface area contributed by atoms with Crippen LogP contribution in [0.4, 0.5) is 13.2 Å². The van der Waals surface area contributed by atoms with Gasteiger partial charge < -0.3 is 14.7 Å². The third-order valence-electron chi connectivity index (χ3n) is 7.11. The first-order chi connectivity index (χ1) is 20.1. The van der Waals surface area contributed by atoms with Gasteiger partial charge in [-0.2, -0.15) is 18.3 Å². The molecule has 1 atom stereocenters. The van der Waals surface area contributed by atoms with E-state index in [9.17, 15) is 23.1 Å². The van der Waals surface area contributed by atoms with Crippen molar-refractivity contribution in [1.29, 1.82) is 0 Å². The Morgan fingerprint density at radius 1 is 1.14 bits per heavy atom. The number of aliphatic hydroxyl groups is 1. The Morgan fingerprint density at radius 3 is 2.38 bits per heavy atom. The molecule has 0 spiro atoms. The first-order valence-electron chi connectivity index (χ1n) is 13.0. The maximum atomic E-state index is 14.2. The number of halogens is 4. The number of fused-ring (bicyclic) bond motifs is 1. The molecule has 1 aliphatic rings. The number of carbonyl (C=O) groups excluding carboxylic acids is 1. The van der Waals surface area contributed by atoms with Crippen molar-refractivity contribution in [2.24, 2.45) is 0 Å². The van der Waals surface area contributed by atoms with Crippen LogP contribution in [0.3, 0.4) is 0 Å². The van der Waals surface area contributed by atoms with Gasteiger partial charge in [0.05, 0.1) is 31.6 Å². The van der Waals surface area contributed by atoms with Crippen LogP contribution in [0.1, 0.15) is 33.2 Å². The molecule has 9 nitrogen and oxygen atoms in total. The Morgan fingerprint density at radius 2 is 1.81 bits per heavy atom. The van der Waals surface area contributed by atoms with E-state index in [1.807, 2.05) is 4.90 Å². The molecule has 42 heavy (non-hydrogen) atoms. The Bertz CT molecular complexity index is 1550. The summed E-state index contributed by atoms with van der Waals surface area (Å²) in [7, 11) is 1.49. The van der Waals surface area contributed by atoms with E-state index in [0.29, 0.717) is 39.6 Å². The van der Waals surface area contributed by atoms with E-state index in [1.165, 1.54) is 14.0 Å². The number of benzene rings is 1. The van der Waals surface area contributed by atoms with Gasteiger partial charge in [-0.05, 0) is 37.3 Å². The second-order valence-corrected chi connectivity index (χ2v) is 9.72. The molecule has 4 heterocycles. The van der Waals surface area contributed by atoms with Crippen LogP contribution in [0.25, 0.3) is 16.9 Å². The lowest BCUT2D eigenvalue weighted by Crippen LogP contribution is -2.50. The minimum atomic E-state index is -4.74. The summed E-state index contributed by atoms with van der Waals surface area (Å²) in [5.41, 5.74) is -0.0745. The number of aliphatic hydroxyl groups excluding tert-OH is 1. The first-order valence-corrected chi connectivity index (χ1v) is 13.4. The molecule has 0 radical (unpaired) electrons. The zero-order chi connectivity index (χ0) is 30.6. The van der Waals surface area contributed by atoms with Gasteiger partial charge in [0.1, 0.15) is 16.5 Å². The van der Waals surface area contributed by atoms with Crippen LogP contribution in [0.2, 0.25) is 5.15 Å². The number of piperazine rings is 1. The smallest absolute Gasteiger partial charge is 0.433 e. The van der Waals surface area contributed by atoms with Gasteiger partial charge >= 0.3 is 6.18 Å². The monoisotopic (exact) mass is 602 g/mol. The lowest BCUT2D eigenvalue weighted by Gasteiger charge is -2.38. The van der Waals surface area contributed by atoms with Gasteiger partial charge in [-0.1, -0.05) is 17.7 Å². The lowest BCUT2D eigenvalue weighted by atomic mass is 10.0. The molecule has 1 amide bonds. The van der Waals surface area contributed by atoms with Crippen molar-refractivity contribution in [3.05, 3.63) is 89.5 Å². The predicted molar refractivity (Wildman–Crippen MR) is 153 cm³/mol. The van der Waals surface area contributed by atoms with Crippen molar-refractivity contribution < 1.29 is 27.8 Å². The number of nitrogens with zero attached hydrogens (tertiary/aromatic N) is 6. The highest BCUT2D eigenvalue weighted by atomic mass is 35.5. The summed E-state index contributed by atoms with van der Waals surface area (Å²) in [6, 6.07) is 9.63. The van der Waals surface area contributed by atoms with Crippen LogP contribution < -0.4 is 4.74 Å². The van der Waals surface area contributed by atoms with Crippen LogP contribution in [0.5, 0.6) is 5.75 Å². The third kappa shape index (κ3) is 5.96. The molecule has 3 aromatic heterocycles. The molecule has 0 bridgehead atoms. The topological polar surface area (TPSA) is 96.1 Å². The van der Waals surface area contributed by atoms with Crippen molar-refractivity contribution in [1.82, 2.24) is 29.4 Å². The number of hydrogen-bond acceptors (Lipinski definition) is 7. The lowest BCUT2D eigenvalue weighted by molar-refractivity contribution is -0.143. The maximum absolute atomic E-state index is 14.2. The van der Waals surface area contributed by atoms with Crippen LogP contribution in [0.15, 0.2) is 61.9 Å². The zero-order valence-electron chi connectivity index (χ0n) is 23.1. The average Bonchev–Trinajstić information content (AvgIpc) is 3.41. The number of carbonyl (C=O) groups is 1. The van der Waals surface area contributed by atoms with Crippen molar-refractivity contribution >= 4 is 23.2 Å². The molecule has 0 aliphatic carbocycles. The van der Waals surface area contributed by atoms with Gasteiger partial charge in [0.2, 0.25) is 0 Å². The molecule has 0 saturated carbocycles. The molecular weight excluding hydrogens is 573 g/mol. The molecule has 222 valence electrons. The summed E-state index contributed by atoms with van der Waals surface area (Å²) < 4.78 is 48.6. The predicted octanol–water partition coefficient (Wildman–Crippen LogP) is 5.07. The van der Waals surface area contributed by atoms with E-state index in [1.54, 1.807) is 47.5 Å². The number of hydrogen-bond donors (Lipinski definition) is 1. The number of alkyl halides is 3. The minimum absolute atomic E-state index is 0.0253. The van der Waals surface area contributed by atoms with Gasteiger partial charge in [0.15, 0.2) is 11.3 Å². The Hall–Kier alpha value is -4.00. The molecule has 1 saturated heterocycles. The van der Waals surface area contributed by atoms with E-state index in [2.05, 4.69) is 28.2 Å². The van der Waals surface area contributed by atoms with Gasteiger partial charge in [-0.3, -0.25) is 9.69 Å². The molecular formula is C29H30ClF3N6O3. The second kappa shape index (κ2) is 12.9. The number of rotatable bonds is 6. The molecule has 13 heteroatoms. The van der Waals surface area contributed by atoms with Gasteiger partial charge in [-0.25, -0.2) is 14.5 Å². The van der Waals surface area contributed by atoms with E-state index in [4.69, 9.17) is 16.3 Å². The maximum Gasteiger partial charge on any atom is 0.433 e.